The molecule has 2 N–H and O–H groups in total. The summed E-state index contributed by atoms with van der Waals surface area (Å²) in [5.74, 6) is -2.78. The van der Waals surface area contributed by atoms with Crippen LogP contribution in [-0.4, -0.2) is 0 Å². The van der Waals surface area contributed by atoms with Crippen LogP contribution in [0.5, 0.6) is 0 Å². The summed E-state index contributed by atoms with van der Waals surface area (Å²) in [6, 6.07) is 0.933. The lowest BCUT2D eigenvalue weighted by molar-refractivity contribution is 0.302. The van der Waals surface area contributed by atoms with E-state index in [9.17, 15) is 13.2 Å². The first-order valence-corrected chi connectivity index (χ1v) is 5.99. The van der Waals surface area contributed by atoms with E-state index in [0.717, 1.165) is 31.7 Å². The lowest BCUT2D eigenvalue weighted by Gasteiger charge is -2.28. The highest BCUT2D eigenvalue weighted by Gasteiger charge is 2.25. The number of hydrogen-bond donors (Lipinski definition) is 1. The second kappa shape index (κ2) is 5.08. The highest BCUT2D eigenvalue weighted by Crippen LogP contribution is 2.34. The summed E-state index contributed by atoms with van der Waals surface area (Å²) in [5.41, 5.74) is 6.05. The van der Waals surface area contributed by atoms with Gasteiger partial charge < -0.3 is 5.73 Å². The average Bonchev–Trinajstić information content (AvgIpc) is 2.34. The maximum atomic E-state index is 13.5. The van der Waals surface area contributed by atoms with E-state index in [1.807, 2.05) is 0 Å². The number of rotatable bonds is 2. The molecule has 17 heavy (non-hydrogen) atoms. The molecule has 0 saturated heterocycles. The van der Waals surface area contributed by atoms with Crippen LogP contribution >= 0.6 is 0 Å². The quantitative estimate of drug-likeness (QED) is 0.788. The fourth-order valence-corrected chi connectivity index (χ4v) is 2.54. The Balaban J connectivity index is 2.23. The Morgan fingerprint density at radius 3 is 2.18 bits per heavy atom. The first-order valence-electron chi connectivity index (χ1n) is 5.99. The van der Waals surface area contributed by atoms with Crippen LogP contribution in [0.2, 0.25) is 0 Å². The molecule has 0 radical (unpaired) electrons. The molecule has 0 amide bonds. The van der Waals surface area contributed by atoms with Gasteiger partial charge in [0, 0.05) is 17.7 Å². The van der Waals surface area contributed by atoms with Gasteiger partial charge in [0.25, 0.3) is 0 Å². The van der Waals surface area contributed by atoms with E-state index in [-0.39, 0.29) is 11.5 Å². The molecule has 0 spiro atoms. The molecule has 1 atom stereocenters. The van der Waals surface area contributed by atoms with Gasteiger partial charge >= 0.3 is 0 Å². The van der Waals surface area contributed by atoms with Crippen molar-refractivity contribution in [2.75, 3.05) is 0 Å². The predicted molar refractivity (Wildman–Crippen MR) is 59.8 cm³/mol. The topological polar surface area (TPSA) is 26.0 Å². The molecular formula is C13H16F3N. The van der Waals surface area contributed by atoms with Gasteiger partial charge in [0.1, 0.15) is 5.82 Å². The fraction of sp³-hybridized carbons (Fsp3) is 0.538. The number of benzene rings is 1. The predicted octanol–water partition coefficient (Wildman–Crippen LogP) is 3.68. The van der Waals surface area contributed by atoms with Crippen LogP contribution in [0.1, 0.15) is 43.7 Å². The molecule has 94 valence electrons. The van der Waals surface area contributed by atoms with Crippen molar-refractivity contribution in [3.8, 4) is 0 Å². The van der Waals surface area contributed by atoms with Gasteiger partial charge in [0.2, 0.25) is 0 Å². The Morgan fingerprint density at radius 2 is 1.53 bits per heavy atom. The first kappa shape index (κ1) is 12.4. The maximum Gasteiger partial charge on any atom is 0.161 e. The first-order chi connectivity index (χ1) is 8.09. The molecule has 2 rings (SSSR count). The molecule has 4 heteroatoms. The van der Waals surface area contributed by atoms with E-state index in [2.05, 4.69) is 0 Å². The van der Waals surface area contributed by atoms with Crippen LogP contribution in [0, 0.1) is 23.4 Å². The van der Waals surface area contributed by atoms with Crippen LogP contribution in [0.15, 0.2) is 12.1 Å². The zero-order chi connectivity index (χ0) is 12.4. The van der Waals surface area contributed by atoms with Crippen molar-refractivity contribution in [3.05, 3.63) is 35.1 Å². The Morgan fingerprint density at radius 1 is 0.941 bits per heavy atom. The molecule has 1 fully saturated rings. The van der Waals surface area contributed by atoms with Crippen LogP contribution < -0.4 is 5.73 Å². The summed E-state index contributed by atoms with van der Waals surface area (Å²) in [6.07, 6.45) is 5.18. The van der Waals surface area contributed by atoms with Crippen molar-refractivity contribution in [2.24, 2.45) is 11.7 Å². The zero-order valence-electron chi connectivity index (χ0n) is 9.56. The third kappa shape index (κ3) is 2.63. The highest BCUT2D eigenvalue weighted by molar-refractivity contribution is 5.23. The summed E-state index contributed by atoms with van der Waals surface area (Å²) in [7, 11) is 0. The molecular weight excluding hydrogens is 227 g/mol. The molecule has 0 bridgehead atoms. The second-order valence-corrected chi connectivity index (χ2v) is 4.71. The third-order valence-corrected chi connectivity index (χ3v) is 3.56. The SMILES string of the molecule is NC(c1cc(F)c(F)cc1F)C1CCCCC1. The van der Waals surface area contributed by atoms with Crippen molar-refractivity contribution in [1.82, 2.24) is 0 Å². The van der Waals surface area contributed by atoms with Crippen LogP contribution in [0.3, 0.4) is 0 Å². The van der Waals surface area contributed by atoms with E-state index in [1.54, 1.807) is 0 Å². The molecule has 1 unspecified atom stereocenters. The fourth-order valence-electron chi connectivity index (χ4n) is 2.54. The summed E-state index contributed by atoms with van der Waals surface area (Å²) >= 11 is 0. The molecule has 0 heterocycles. The minimum absolute atomic E-state index is 0.0933. The second-order valence-electron chi connectivity index (χ2n) is 4.71. The Kier molecular flexibility index (Phi) is 3.72. The van der Waals surface area contributed by atoms with Crippen molar-refractivity contribution >= 4 is 0 Å². The van der Waals surface area contributed by atoms with E-state index < -0.39 is 23.5 Å². The monoisotopic (exact) mass is 243 g/mol. The summed E-state index contributed by atoms with van der Waals surface area (Å²) in [4.78, 5) is 0. The molecule has 1 aromatic rings. The molecule has 0 aromatic heterocycles. The molecule has 1 saturated carbocycles. The molecule has 1 nitrogen and oxygen atoms in total. The van der Waals surface area contributed by atoms with Gasteiger partial charge in [-0.25, -0.2) is 13.2 Å². The maximum absolute atomic E-state index is 13.5. The van der Waals surface area contributed by atoms with Gasteiger partial charge in [0.05, 0.1) is 0 Å². The van der Waals surface area contributed by atoms with Gasteiger partial charge in [-0.1, -0.05) is 19.3 Å². The molecule has 1 aliphatic carbocycles. The number of nitrogens with two attached hydrogens (primary N) is 1. The zero-order valence-corrected chi connectivity index (χ0v) is 9.56. The lowest BCUT2D eigenvalue weighted by Crippen LogP contribution is -2.24. The van der Waals surface area contributed by atoms with Crippen molar-refractivity contribution in [2.45, 2.75) is 38.1 Å². The average molecular weight is 243 g/mol. The van der Waals surface area contributed by atoms with E-state index in [1.165, 1.54) is 6.42 Å². The van der Waals surface area contributed by atoms with Gasteiger partial charge in [-0.3, -0.25) is 0 Å². The summed E-state index contributed by atoms with van der Waals surface area (Å²) in [6.45, 7) is 0. The minimum Gasteiger partial charge on any atom is -0.324 e. The highest BCUT2D eigenvalue weighted by atomic mass is 19.2. The smallest absolute Gasteiger partial charge is 0.161 e. The van der Waals surface area contributed by atoms with Crippen molar-refractivity contribution in [1.29, 1.82) is 0 Å². The van der Waals surface area contributed by atoms with Gasteiger partial charge in [0.15, 0.2) is 11.6 Å². The molecule has 1 aliphatic rings. The van der Waals surface area contributed by atoms with Crippen LogP contribution in [-0.2, 0) is 0 Å². The largest absolute Gasteiger partial charge is 0.324 e. The number of hydrogen-bond acceptors (Lipinski definition) is 1. The Bertz CT molecular complexity index is 400. The summed E-state index contributed by atoms with van der Waals surface area (Å²) < 4.78 is 39.4. The van der Waals surface area contributed by atoms with Gasteiger partial charge in [-0.05, 0) is 24.8 Å². The Labute approximate surface area is 98.8 Å². The van der Waals surface area contributed by atoms with Crippen LogP contribution in [0.25, 0.3) is 0 Å². The van der Waals surface area contributed by atoms with Crippen molar-refractivity contribution < 1.29 is 13.2 Å². The van der Waals surface area contributed by atoms with E-state index in [4.69, 9.17) is 5.73 Å². The number of halogens is 3. The summed E-state index contributed by atoms with van der Waals surface area (Å²) in [5, 5.41) is 0. The minimum atomic E-state index is -1.16. The van der Waals surface area contributed by atoms with Gasteiger partial charge in [-0.15, -0.1) is 0 Å². The third-order valence-electron chi connectivity index (χ3n) is 3.56. The van der Waals surface area contributed by atoms with E-state index in [0.29, 0.717) is 6.07 Å². The van der Waals surface area contributed by atoms with Crippen LogP contribution in [0.4, 0.5) is 13.2 Å². The van der Waals surface area contributed by atoms with Crippen molar-refractivity contribution in [3.63, 3.8) is 0 Å². The van der Waals surface area contributed by atoms with E-state index >= 15 is 0 Å². The molecule has 1 aromatic carbocycles. The lowest BCUT2D eigenvalue weighted by atomic mass is 9.81. The molecule has 0 aliphatic heterocycles. The normalized spacial score (nSPS) is 19.3. The standard InChI is InChI=1S/C13H16F3N/c14-10-7-12(16)11(15)6-9(10)13(17)8-4-2-1-3-5-8/h6-8,13H,1-5,17H2. The van der Waals surface area contributed by atoms with Gasteiger partial charge in [-0.2, -0.15) is 0 Å². The Hall–Kier alpha value is -1.03.